The molecule has 0 spiro atoms. The molecule has 0 aromatic heterocycles. The molecule has 0 atom stereocenters. The van der Waals surface area contributed by atoms with Crippen LogP contribution in [-0.4, -0.2) is 5.60 Å². The number of benzene rings is 1. The standard InChI is InChI=1S/C16H24O/c1-8-12-9-10-13(17-16(5,6)7)11-14(12)15(2,3)4/h8-11H,1H2,2-7H3. The molecule has 1 aromatic rings. The Hall–Kier alpha value is -1.24. The molecule has 0 amide bonds. The highest BCUT2D eigenvalue weighted by molar-refractivity contribution is 5.56. The van der Waals surface area contributed by atoms with E-state index < -0.39 is 0 Å². The number of ether oxygens (including phenoxy) is 1. The molecular weight excluding hydrogens is 208 g/mol. The van der Waals surface area contributed by atoms with Gasteiger partial charge in [-0.3, -0.25) is 0 Å². The molecule has 0 unspecified atom stereocenters. The van der Waals surface area contributed by atoms with Crippen molar-refractivity contribution in [1.82, 2.24) is 0 Å². The lowest BCUT2D eigenvalue weighted by Gasteiger charge is -2.26. The van der Waals surface area contributed by atoms with Crippen molar-refractivity contribution in [3.63, 3.8) is 0 Å². The Morgan fingerprint density at radius 3 is 2.06 bits per heavy atom. The summed E-state index contributed by atoms with van der Waals surface area (Å²) in [4.78, 5) is 0. The first-order chi connectivity index (χ1) is 7.63. The molecule has 0 heterocycles. The summed E-state index contributed by atoms with van der Waals surface area (Å²) in [5, 5.41) is 0. The Bertz CT molecular complexity index is 403. The van der Waals surface area contributed by atoms with E-state index in [4.69, 9.17) is 4.74 Å². The van der Waals surface area contributed by atoms with Gasteiger partial charge >= 0.3 is 0 Å². The van der Waals surface area contributed by atoms with Gasteiger partial charge in [0, 0.05) is 0 Å². The SMILES string of the molecule is C=Cc1ccc(OC(C)(C)C)cc1C(C)(C)C. The molecule has 0 bridgehead atoms. The lowest BCUT2D eigenvalue weighted by molar-refractivity contribution is 0.130. The average Bonchev–Trinajstić information content (AvgIpc) is 2.13. The van der Waals surface area contributed by atoms with Crippen LogP contribution < -0.4 is 4.74 Å². The second-order valence-corrected chi connectivity index (χ2v) is 6.42. The van der Waals surface area contributed by atoms with Gasteiger partial charge in [0.25, 0.3) is 0 Å². The van der Waals surface area contributed by atoms with E-state index in [2.05, 4.69) is 60.3 Å². The normalized spacial score (nSPS) is 12.4. The first kappa shape index (κ1) is 13.8. The van der Waals surface area contributed by atoms with Gasteiger partial charge in [-0.05, 0) is 49.4 Å². The van der Waals surface area contributed by atoms with E-state index in [1.807, 2.05) is 12.1 Å². The van der Waals surface area contributed by atoms with Gasteiger partial charge in [-0.15, -0.1) is 0 Å². The molecular formula is C16H24O. The number of rotatable bonds is 2. The predicted octanol–water partition coefficient (Wildman–Crippen LogP) is 4.80. The van der Waals surface area contributed by atoms with Crippen molar-refractivity contribution in [3.8, 4) is 5.75 Å². The van der Waals surface area contributed by atoms with E-state index in [0.29, 0.717) is 0 Å². The Balaban J connectivity index is 3.19. The fourth-order valence-electron chi connectivity index (χ4n) is 1.78. The third-order valence-electron chi connectivity index (χ3n) is 2.48. The van der Waals surface area contributed by atoms with E-state index in [1.54, 1.807) is 0 Å². The quantitative estimate of drug-likeness (QED) is 0.711. The lowest BCUT2D eigenvalue weighted by atomic mass is 9.83. The van der Waals surface area contributed by atoms with Gasteiger partial charge < -0.3 is 4.74 Å². The fourth-order valence-corrected chi connectivity index (χ4v) is 1.78. The van der Waals surface area contributed by atoms with Crippen molar-refractivity contribution in [2.45, 2.75) is 52.6 Å². The maximum Gasteiger partial charge on any atom is 0.120 e. The van der Waals surface area contributed by atoms with Crippen LogP contribution in [0.5, 0.6) is 5.75 Å². The van der Waals surface area contributed by atoms with Gasteiger partial charge in [-0.25, -0.2) is 0 Å². The third-order valence-corrected chi connectivity index (χ3v) is 2.48. The maximum atomic E-state index is 5.90. The summed E-state index contributed by atoms with van der Waals surface area (Å²) in [6, 6.07) is 6.22. The largest absolute Gasteiger partial charge is 0.488 e. The highest BCUT2D eigenvalue weighted by Gasteiger charge is 2.19. The summed E-state index contributed by atoms with van der Waals surface area (Å²) >= 11 is 0. The van der Waals surface area contributed by atoms with Crippen LogP contribution in [0.25, 0.3) is 6.08 Å². The molecule has 0 aliphatic rings. The topological polar surface area (TPSA) is 9.23 Å². The van der Waals surface area contributed by atoms with Crippen LogP contribution in [0, 0.1) is 0 Å². The van der Waals surface area contributed by atoms with Crippen LogP contribution >= 0.6 is 0 Å². The lowest BCUT2D eigenvalue weighted by Crippen LogP contribution is -2.23. The van der Waals surface area contributed by atoms with Crippen molar-refractivity contribution >= 4 is 6.08 Å². The summed E-state index contributed by atoms with van der Waals surface area (Å²) in [5.74, 6) is 0.924. The molecule has 0 saturated carbocycles. The van der Waals surface area contributed by atoms with Crippen LogP contribution in [0.2, 0.25) is 0 Å². The highest BCUT2D eigenvalue weighted by atomic mass is 16.5. The molecule has 0 aliphatic heterocycles. The zero-order chi connectivity index (χ0) is 13.3. The van der Waals surface area contributed by atoms with Gasteiger partial charge in [0.15, 0.2) is 0 Å². The Morgan fingerprint density at radius 1 is 1.06 bits per heavy atom. The Kier molecular flexibility index (Phi) is 3.71. The summed E-state index contributed by atoms with van der Waals surface area (Å²) in [6.07, 6.45) is 1.90. The summed E-state index contributed by atoms with van der Waals surface area (Å²) in [6.45, 7) is 16.7. The van der Waals surface area contributed by atoms with E-state index in [-0.39, 0.29) is 11.0 Å². The molecule has 1 rings (SSSR count). The van der Waals surface area contributed by atoms with Crippen LogP contribution in [-0.2, 0) is 5.41 Å². The Morgan fingerprint density at radius 2 is 1.65 bits per heavy atom. The van der Waals surface area contributed by atoms with Crippen molar-refractivity contribution in [2.24, 2.45) is 0 Å². The van der Waals surface area contributed by atoms with Gasteiger partial charge in [0.1, 0.15) is 11.4 Å². The molecule has 1 heteroatoms. The highest BCUT2D eigenvalue weighted by Crippen LogP contribution is 2.31. The van der Waals surface area contributed by atoms with Crippen molar-refractivity contribution in [3.05, 3.63) is 35.9 Å². The molecule has 0 saturated heterocycles. The molecule has 0 N–H and O–H groups in total. The smallest absolute Gasteiger partial charge is 0.120 e. The van der Waals surface area contributed by atoms with Crippen LogP contribution in [0.3, 0.4) is 0 Å². The van der Waals surface area contributed by atoms with E-state index in [0.717, 1.165) is 5.75 Å². The molecule has 0 radical (unpaired) electrons. The first-order valence-electron chi connectivity index (χ1n) is 6.09. The molecule has 1 nitrogen and oxygen atoms in total. The monoisotopic (exact) mass is 232 g/mol. The minimum Gasteiger partial charge on any atom is -0.488 e. The van der Waals surface area contributed by atoms with Gasteiger partial charge in [0.05, 0.1) is 0 Å². The van der Waals surface area contributed by atoms with Crippen molar-refractivity contribution in [1.29, 1.82) is 0 Å². The molecule has 0 aliphatic carbocycles. The second kappa shape index (κ2) is 4.56. The van der Waals surface area contributed by atoms with Crippen LogP contribution in [0.1, 0.15) is 52.7 Å². The molecule has 1 aromatic carbocycles. The van der Waals surface area contributed by atoms with Gasteiger partial charge in [-0.1, -0.05) is 39.5 Å². The summed E-state index contributed by atoms with van der Waals surface area (Å²) in [5.41, 5.74) is 2.39. The first-order valence-corrected chi connectivity index (χ1v) is 6.09. The minimum atomic E-state index is -0.162. The van der Waals surface area contributed by atoms with E-state index in [9.17, 15) is 0 Å². The third kappa shape index (κ3) is 3.92. The van der Waals surface area contributed by atoms with Gasteiger partial charge in [0.2, 0.25) is 0 Å². The van der Waals surface area contributed by atoms with Crippen molar-refractivity contribution in [2.75, 3.05) is 0 Å². The zero-order valence-corrected chi connectivity index (χ0v) is 11.9. The van der Waals surface area contributed by atoms with E-state index >= 15 is 0 Å². The fraction of sp³-hybridized carbons (Fsp3) is 0.500. The summed E-state index contributed by atoms with van der Waals surface area (Å²) in [7, 11) is 0. The molecule has 94 valence electrons. The van der Waals surface area contributed by atoms with E-state index in [1.165, 1.54) is 11.1 Å². The molecule has 17 heavy (non-hydrogen) atoms. The zero-order valence-electron chi connectivity index (χ0n) is 11.9. The predicted molar refractivity (Wildman–Crippen MR) is 75.6 cm³/mol. The van der Waals surface area contributed by atoms with Gasteiger partial charge in [-0.2, -0.15) is 0 Å². The Labute approximate surface area is 106 Å². The number of hydrogen-bond acceptors (Lipinski definition) is 1. The van der Waals surface area contributed by atoms with Crippen molar-refractivity contribution < 1.29 is 4.74 Å². The number of hydrogen-bond donors (Lipinski definition) is 0. The molecule has 0 fully saturated rings. The average molecular weight is 232 g/mol. The van der Waals surface area contributed by atoms with Crippen LogP contribution in [0.15, 0.2) is 24.8 Å². The minimum absolute atomic E-state index is 0.0980. The second-order valence-electron chi connectivity index (χ2n) is 6.42. The summed E-state index contributed by atoms with van der Waals surface area (Å²) < 4.78 is 5.90. The van der Waals surface area contributed by atoms with Crippen LogP contribution in [0.4, 0.5) is 0 Å². The maximum absolute atomic E-state index is 5.90.